The summed E-state index contributed by atoms with van der Waals surface area (Å²) in [7, 11) is 0. The fourth-order valence-electron chi connectivity index (χ4n) is 2.49. The van der Waals surface area contributed by atoms with E-state index in [9.17, 15) is 4.79 Å². The Kier molecular flexibility index (Phi) is 4.11. The Balaban J connectivity index is 1.84. The maximum atomic E-state index is 12.5. The molecule has 0 fully saturated rings. The van der Waals surface area contributed by atoms with Gasteiger partial charge < -0.3 is 4.57 Å². The summed E-state index contributed by atoms with van der Waals surface area (Å²) in [4.78, 5) is 16.5. The van der Waals surface area contributed by atoms with Gasteiger partial charge in [0, 0.05) is 22.6 Å². The molecule has 0 aliphatic rings. The number of nitrogens with one attached hydrogen (secondary N) is 1. The number of thioether (sulfide) groups is 1. The molecule has 3 aromatic rings. The summed E-state index contributed by atoms with van der Waals surface area (Å²) in [6, 6.07) is 12.0. The molecule has 5 nitrogen and oxygen atoms in total. The van der Waals surface area contributed by atoms with E-state index in [-0.39, 0.29) is 5.78 Å². The molecule has 0 bridgehead atoms. The molecule has 0 saturated carbocycles. The molecule has 2 aromatic heterocycles. The summed E-state index contributed by atoms with van der Waals surface area (Å²) < 4.78 is 2.10. The lowest BCUT2D eigenvalue weighted by atomic mass is 10.2. The lowest BCUT2D eigenvalue weighted by molar-refractivity contribution is 0.102. The normalized spacial score (nSPS) is 10.8. The zero-order valence-electron chi connectivity index (χ0n) is 12.4. The molecular weight excluding hydrogens is 296 g/mol. The Morgan fingerprint density at radius 2 is 2.05 bits per heavy atom. The largest absolute Gasteiger partial charge is 0.318 e. The minimum atomic E-state index is 0.0941. The van der Waals surface area contributed by atoms with Gasteiger partial charge in [-0.15, -0.1) is 0 Å². The van der Waals surface area contributed by atoms with Crippen LogP contribution in [0.15, 0.2) is 47.9 Å². The summed E-state index contributed by atoms with van der Waals surface area (Å²) in [5, 5.41) is 7.18. The van der Waals surface area contributed by atoms with Crippen molar-refractivity contribution in [3.63, 3.8) is 0 Å². The third-order valence-corrected chi connectivity index (χ3v) is 4.36. The molecule has 0 atom stereocenters. The van der Waals surface area contributed by atoms with E-state index in [0.29, 0.717) is 10.9 Å². The van der Waals surface area contributed by atoms with Gasteiger partial charge in [-0.3, -0.25) is 9.89 Å². The summed E-state index contributed by atoms with van der Waals surface area (Å²) in [6.45, 7) is 3.99. The zero-order chi connectivity index (χ0) is 15.5. The van der Waals surface area contributed by atoms with Gasteiger partial charge in [0.1, 0.15) is 6.33 Å². The van der Waals surface area contributed by atoms with E-state index in [0.717, 1.165) is 22.6 Å². The molecule has 0 aliphatic heterocycles. The first-order valence-corrected chi connectivity index (χ1v) is 7.91. The molecule has 1 aromatic carbocycles. The maximum Gasteiger partial charge on any atom is 0.183 e. The number of carbonyl (C=O) groups is 1. The Hall–Kier alpha value is -2.34. The Morgan fingerprint density at radius 3 is 2.73 bits per heavy atom. The van der Waals surface area contributed by atoms with Gasteiger partial charge in [-0.1, -0.05) is 30.0 Å². The first-order valence-electron chi connectivity index (χ1n) is 6.92. The number of carbonyl (C=O) groups excluding carboxylic acids is 1. The van der Waals surface area contributed by atoms with Gasteiger partial charge in [-0.05, 0) is 32.0 Å². The fraction of sp³-hybridized carbons (Fsp3) is 0.188. The predicted molar refractivity (Wildman–Crippen MR) is 86.7 cm³/mol. The molecule has 0 saturated heterocycles. The van der Waals surface area contributed by atoms with Gasteiger partial charge >= 0.3 is 0 Å². The second-order valence-electron chi connectivity index (χ2n) is 4.96. The van der Waals surface area contributed by atoms with Gasteiger partial charge in [0.05, 0.1) is 5.75 Å². The van der Waals surface area contributed by atoms with Crippen molar-refractivity contribution in [3.05, 3.63) is 59.7 Å². The first kappa shape index (κ1) is 14.6. The highest BCUT2D eigenvalue weighted by Crippen LogP contribution is 2.23. The summed E-state index contributed by atoms with van der Waals surface area (Å²) in [5.41, 5.74) is 3.84. The number of nitrogens with zero attached hydrogens (tertiary/aromatic N) is 3. The average Bonchev–Trinajstić information content (AvgIpc) is 3.14. The van der Waals surface area contributed by atoms with Crippen molar-refractivity contribution >= 4 is 17.5 Å². The van der Waals surface area contributed by atoms with E-state index in [1.165, 1.54) is 18.1 Å². The van der Waals surface area contributed by atoms with Gasteiger partial charge in [0.2, 0.25) is 0 Å². The number of H-pyrrole nitrogens is 1. The molecule has 6 heteroatoms. The molecule has 2 heterocycles. The lowest BCUT2D eigenvalue weighted by Crippen LogP contribution is -2.05. The fourth-order valence-corrected chi connectivity index (χ4v) is 3.16. The van der Waals surface area contributed by atoms with E-state index in [4.69, 9.17) is 0 Å². The van der Waals surface area contributed by atoms with Crippen LogP contribution in [0.25, 0.3) is 5.69 Å². The van der Waals surface area contributed by atoms with Crippen LogP contribution in [0.1, 0.15) is 21.7 Å². The number of aryl methyl sites for hydroxylation is 1. The number of aromatic nitrogens is 4. The molecule has 0 aliphatic carbocycles. The van der Waals surface area contributed by atoms with Crippen molar-refractivity contribution in [3.8, 4) is 5.69 Å². The van der Waals surface area contributed by atoms with E-state index in [1.54, 1.807) is 0 Å². The number of aromatic amines is 1. The van der Waals surface area contributed by atoms with E-state index in [2.05, 4.69) is 19.7 Å². The summed E-state index contributed by atoms with van der Waals surface area (Å²) in [6.07, 6.45) is 1.44. The highest BCUT2D eigenvalue weighted by molar-refractivity contribution is 7.99. The molecule has 112 valence electrons. The van der Waals surface area contributed by atoms with Crippen molar-refractivity contribution in [2.75, 3.05) is 5.75 Å². The lowest BCUT2D eigenvalue weighted by Gasteiger charge is -2.09. The van der Waals surface area contributed by atoms with Crippen LogP contribution in [0.3, 0.4) is 0 Å². The number of ketones is 1. The highest BCUT2D eigenvalue weighted by Gasteiger charge is 2.17. The SMILES string of the molecule is Cc1cc(C(=O)CSc2ncn[nH]2)c(C)n1-c1ccccc1. The second kappa shape index (κ2) is 6.19. The Bertz CT molecular complexity index is 778. The monoisotopic (exact) mass is 312 g/mol. The number of para-hydroxylation sites is 1. The van der Waals surface area contributed by atoms with Crippen LogP contribution in [0, 0.1) is 13.8 Å². The summed E-state index contributed by atoms with van der Waals surface area (Å²) >= 11 is 1.36. The second-order valence-corrected chi connectivity index (χ2v) is 5.92. The maximum absolute atomic E-state index is 12.5. The predicted octanol–water partition coefficient (Wildman–Crippen LogP) is 3.19. The van der Waals surface area contributed by atoms with Crippen LogP contribution >= 0.6 is 11.8 Å². The standard InChI is InChI=1S/C16H16N4OS/c1-11-8-14(15(21)9-22-16-17-10-18-19-16)12(2)20(11)13-6-4-3-5-7-13/h3-8,10H,9H2,1-2H3,(H,17,18,19). The quantitative estimate of drug-likeness (QED) is 0.580. The van der Waals surface area contributed by atoms with E-state index in [1.807, 2.05) is 50.2 Å². The minimum absolute atomic E-state index is 0.0941. The molecule has 0 spiro atoms. The Labute approximate surface area is 132 Å². The molecular formula is C16H16N4OS. The van der Waals surface area contributed by atoms with Crippen LogP contribution < -0.4 is 0 Å². The van der Waals surface area contributed by atoms with Crippen LogP contribution in [0.2, 0.25) is 0 Å². The molecule has 0 amide bonds. The topological polar surface area (TPSA) is 63.6 Å². The van der Waals surface area contributed by atoms with Crippen molar-refractivity contribution in [2.24, 2.45) is 0 Å². The van der Waals surface area contributed by atoms with Crippen molar-refractivity contribution in [1.29, 1.82) is 0 Å². The van der Waals surface area contributed by atoms with Crippen molar-refractivity contribution in [1.82, 2.24) is 19.7 Å². The van der Waals surface area contributed by atoms with Gasteiger partial charge in [-0.2, -0.15) is 5.10 Å². The van der Waals surface area contributed by atoms with Crippen LogP contribution in [-0.4, -0.2) is 31.3 Å². The summed E-state index contributed by atoms with van der Waals surface area (Å²) in [5.74, 6) is 0.436. The number of rotatable bonds is 5. The number of hydrogen-bond acceptors (Lipinski definition) is 4. The number of Topliss-reactive ketones (excluding diaryl/α,β-unsaturated/α-hetero) is 1. The Morgan fingerprint density at radius 1 is 1.27 bits per heavy atom. The highest BCUT2D eigenvalue weighted by atomic mass is 32.2. The number of benzene rings is 1. The molecule has 0 radical (unpaired) electrons. The van der Waals surface area contributed by atoms with Crippen LogP contribution in [0.5, 0.6) is 0 Å². The third kappa shape index (κ3) is 2.82. The number of hydrogen-bond donors (Lipinski definition) is 1. The van der Waals surface area contributed by atoms with Crippen molar-refractivity contribution in [2.45, 2.75) is 19.0 Å². The molecule has 0 unspecified atom stereocenters. The molecule has 3 rings (SSSR count). The molecule has 1 N–H and O–H groups in total. The van der Waals surface area contributed by atoms with Gasteiger partial charge in [-0.25, -0.2) is 4.98 Å². The van der Waals surface area contributed by atoms with Crippen LogP contribution in [0.4, 0.5) is 0 Å². The minimum Gasteiger partial charge on any atom is -0.318 e. The smallest absolute Gasteiger partial charge is 0.183 e. The van der Waals surface area contributed by atoms with Crippen molar-refractivity contribution < 1.29 is 4.79 Å². The first-order chi connectivity index (χ1) is 10.7. The third-order valence-electron chi connectivity index (χ3n) is 3.48. The average molecular weight is 312 g/mol. The molecule has 22 heavy (non-hydrogen) atoms. The zero-order valence-corrected chi connectivity index (χ0v) is 13.2. The van der Waals surface area contributed by atoms with Gasteiger partial charge in [0.25, 0.3) is 0 Å². The van der Waals surface area contributed by atoms with E-state index < -0.39 is 0 Å². The van der Waals surface area contributed by atoms with E-state index >= 15 is 0 Å². The van der Waals surface area contributed by atoms with Crippen LogP contribution in [-0.2, 0) is 0 Å². The van der Waals surface area contributed by atoms with Gasteiger partial charge in [0.15, 0.2) is 10.9 Å².